The molecule has 4 rings (SSSR count). The molecule has 2 aromatic heterocycles. The number of aryl methyl sites for hydroxylation is 1. The molecule has 1 aromatic carbocycles. The predicted molar refractivity (Wildman–Crippen MR) is 92.3 cm³/mol. The number of rotatable bonds is 4. The normalized spacial score (nSPS) is 20.1. The first kappa shape index (κ1) is 16.2. The summed E-state index contributed by atoms with van der Waals surface area (Å²) in [6.45, 7) is 2.96. The Morgan fingerprint density at radius 2 is 2.04 bits per heavy atom. The Morgan fingerprint density at radius 1 is 1.24 bits per heavy atom. The second kappa shape index (κ2) is 6.20. The SMILES string of the molecule is CNc1nc(C)c(-c2nc([C@]3(c4ccc(F)cc4)CCOC3)no2)s1. The second-order valence-corrected chi connectivity index (χ2v) is 7.00. The second-order valence-electron chi connectivity index (χ2n) is 6.00. The van der Waals surface area contributed by atoms with Crippen molar-refractivity contribution < 1.29 is 13.7 Å². The van der Waals surface area contributed by atoms with Gasteiger partial charge >= 0.3 is 0 Å². The standard InChI is InChI=1S/C17H17FN4O2S/c1-10-13(25-16(19-2)20-10)14-21-15(22-24-14)17(7-8-23-9-17)11-3-5-12(18)6-4-11/h3-6H,7-9H2,1-2H3,(H,19,20)/t17-/m1/s1. The molecule has 130 valence electrons. The highest BCUT2D eigenvalue weighted by atomic mass is 32.1. The van der Waals surface area contributed by atoms with Crippen molar-refractivity contribution in [1.29, 1.82) is 0 Å². The van der Waals surface area contributed by atoms with E-state index in [2.05, 4.69) is 20.4 Å². The maximum Gasteiger partial charge on any atom is 0.270 e. The Labute approximate surface area is 148 Å². The van der Waals surface area contributed by atoms with E-state index in [0.29, 0.717) is 24.9 Å². The summed E-state index contributed by atoms with van der Waals surface area (Å²) in [7, 11) is 1.82. The van der Waals surface area contributed by atoms with Crippen LogP contribution in [0.4, 0.5) is 9.52 Å². The summed E-state index contributed by atoms with van der Waals surface area (Å²) < 4.78 is 24.5. The fraction of sp³-hybridized carbons (Fsp3) is 0.353. The van der Waals surface area contributed by atoms with Crippen LogP contribution in [-0.4, -0.2) is 35.4 Å². The van der Waals surface area contributed by atoms with Crippen LogP contribution in [0.5, 0.6) is 0 Å². The van der Waals surface area contributed by atoms with Gasteiger partial charge in [0.1, 0.15) is 10.7 Å². The van der Waals surface area contributed by atoms with Gasteiger partial charge in [-0.3, -0.25) is 0 Å². The van der Waals surface area contributed by atoms with Gasteiger partial charge in [-0.1, -0.05) is 28.6 Å². The topological polar surface area (TPSA) is 73.1 Å². The van der Waals surface area contributed by atoms with E-state index in [4.69, 9.17) is 9.26 Å². The smallest absolute Gasteiger partial charge is 0.270 e. The van der Waals surface area contributed by atoms with E-state index in [1.54, 1.807) is 12.1 Å². The minimum Gasteiger partial charge on any atom is -0.380 e. The molecule has 25 heavy (non-hydrogen) atoms. The number of aromatic nitrogens is 3. The molecule has 0 radical (unpaired) electrons. The highest BCUT2D eigenvalue weighted by Crippen LogP contribution is 2.40. The highest BCUT2D eigenvalue weighted by molar-refractivity contribution is 7.19. The summed E-state index contributed by atoms with van der Waals surface area (Å²) in [5, 5.41) is 8.04. The summed E-state index contributed by atoms with van der Waals surface area (Å²) in [5.74, 6) is 0.733. The molecule has 1 fully saturated rings. The van der Waals surface area contributed by atoms with E-state index in [1.807, 2.05) is 14.0 Å². The molecule has 0 unspecified atom stereocenters. The van der Waals surface area contributed by atoms with E-state index < -0.39 is 5.41 Å². The molecule has 0 spiro atoms. The fourth-order valence-electron chi connectivity index (χ4n) is 3.08. The van der Waals surface area contributed by atoms with Crippen LogP contribution in [-0.2, 0) is 10.2 Å². The molecule has 3 heterocycles. The van der Waals surface area contributed by atoms with Gasteiger partial charge in [-0.05, 0) is 31.0 Å². The summed E-state index contributed by atoms with van der Waals surface area (Å²) in [5.41, 5.74) is 1.25. The first-order valence-electron chi connectivity index (χ1n) is 7.96. The number of anilines is 1. The van der Waals surface area contributed by atoms with Crippen molar-refractivity contribution in [3.63, 3.8) is 0 Å². The highest BCUT2D eigenvalue weighted by Gasteiger charge is 2.43. The lowest BCUT2D eigenvalue weighted by molar-refractivity contribution is 0.182. The van der Waals surface area contributed by atoms with Gasteiger partial charge < -0.3 is 14.6 Å². The largest absolute Gasteiger partial charge is 0.380 e. The Hall–Kier alpha value is -2.32. The molecule has 0 saturated carbocycles. The Balaban J connectivity index is 1.76. The van der Waals surface area contributed by atoms with Crippen LogP contribution in [0.2, 0.25) is 0 Å². The van der Waals surface area contributed by atoms with Gasteiger partial charge in [0, 0.05) is 13.7 Å². The van der Waals surface area contributed by atoms with Crippen LogP contribution in [0.15, 0.2) is 28.8 Å². The number of nitrogens with one attached hydrogen (secondary N) is 1. The van der Waals surface area contributed by atoms with Gasteiger partial charge in [0.15, 0.2) is 11.0 Å². The molecule has 1 atom stereocenters. The average Bonchev–Trinajstić information content (AvgIpc) is 3.34. The number of hydrogen-bond acceptors (Lipinski definition) is 7. The fourth-order valence-corrected chi connectivity index (χ4v) is 3.92. The van der Waals surface area contributed by atoms with E-state index in [1.165, 1.54) is 23.5 Å². The molecule has 0 aliphatic carbocycles. The molecule has 0 bridgehead atoms. The average molecular weight is 360 g/mol. The van der Waals surface area contributed by atoms with Crippen molar-refractivity contribution in [2.75, 3.05) is 25.6 Å². The van der Waals surface area contributed by atoms with E-state index in [9.17, 15) is 4.39 Å². The number of nitrogens with zero attached hydrogens (tertiary/aromatic N) is 3. The van der Waals surface area contributed by atoms with Crippen LogP contribution in [0.3, 0.4) is 0 Å². The number of thiazole rings is 1. The van der Waals surface area contributed by atoms with Gasteiger partial charge in [0.25, 0.3) is 5.89 Å². The van der Waals surface area contributed by atoms with Gasteiger partial charge in [-0.2, -0.15) is 4.98 Å². The predicted octanol–water partition coefficient (Wildman–Crippen LogP) is 3.39. The first-order valence-corrected chi connectivity index (χ1v) is 8.77. The quantitative estimate of drug-likeness (QED) is 0.769. The molecule has 1 aliphatic heterocycles. The molecule has 8 heteroatoms. The monoisotopic (exact) mass is 360 g/mol. The molecule has 1 aliphatic rings. The zero-order chi connectivity index (χ0) is 17.4. The lowest BCUT2D eigenvalue weighted by atomic mass is 9.79. The van der Waals surface area contributed by atoms with Crippen LogP contribution >= 0.6 is 11.3 Å². The molecule has 0 amide bonds. The Morgan fingerprint density at radius 3 is 2.68 bits per heavy atom. The van der Waals surface area contributed by atoms with Crippen molar-refractivity contribution in [2.24, 2.45) is 0 Å². The maximum absolute atomic E-state index is 13.3. The third-order valence-corrected chi connectivity index (χ3v) is 5.64. The number of hydrogen-bond donors (Lipinski definition) is 1. The van der Waals surface area contributed by atoms with Crippen molar-refractivity contribution in [3.05, 3.63) is 47.2 Å². The summed E-state index contributed by atoms with van der Waals surface area (Å²) >= 11 is 1.47. The van der Waals surface area contributed by atoms with E-state index in [-0.39, 0.29) is 5.82 Å². The van der Waals surface area contributed by atoms with E-state index in [0.717, 1.165) is 27.7 Å². The molecule has 6 nitrogen and oxygen atoms in total. The molecule has 1 saturated heterocycles. The number of halogens is 1. The zero-order valence-electron chi connectivity index (χ0n) is 13.9. The van der Waals surface area contributed by atoms with Crippen molar-refractivity contribution in [1.82, 2.24) is 15.1 Å². The summed E-state index contributed by atoms with van der Waals surface area (Å²) in [6.07, 6.45) is 0.723. The van der Waals surface area contributed by atoms with Crippen molar-refractivity contribution in [2.45, 2.75) is 18.8 Å². The Bertz CT molecular complexity index is 884. The Kier molecular flexibility index (Phi) is 4.01. The van der Waals surface area contributed by atoms with Crippen LogP contribution in [0.25, 0.3) is 10.8 Å². The number of ether oxygens (including phenoxy) is 1. The van der Waals surface area contributed by atoms with E-state index >= 15 is 0 Å². The molecular formula is C17H17FN4O2S. The third kappa shape index (κ3) is 2.71. The van der Waals surface area contributed by atoms with Gasteiger partial charge in [0.2, 0.25) is 0 Å². The molecule has 3 aromatic rings. The maximum atomic E-state index is 13.3. The number of benzene rings is 1. The van der Waals surface area contributed by atoms with Crippen LogP contribution in [0.1, 0.15) is 23.5 Å². The van der Waals surface area contributed by atoms with Crippen LogP contribution in [0, 0.1) is 12.7 Å². The van der Waals surface area contributed by atoms with Gasteiger partial charge in [-0.15, -0.1) is 0 Å². The lowest BCUT2D eigenvalue weighted by Gasteiger charge is -2.23. The molecule has 1 N–H and O–H groups in total. The van der Waals surface area contributed by atoms with Gasteiger partial charge in [-0.25, -0.2) is 9.37 Å². The van der Waals surface area contributed by atoms with Gasteiger partial charge in [0.05, 0.1) is 17.7 Å². The summed E-state index contributed by atoms with van der Waals surface area (Å²) in [6, 6.07) is 6.42. The minimum absolute atomic E-state index is 0.272. The molecular weight excluding hydrogens is 343 g/mol. The van der Waals surface area contributed by atoms with Crippen LogP contribution < -0.4 is 5.32 Å². The first-order chi connectivity index (χ1) is 12.1. The minimum atomic E-state index is -0.514. The summed E-state index contributed by atoms with van der Waals surface area (Å²) in [4.78, 5) is 9.89. The zero-order valence-corrected chi connectivity index (χ0v) is 14.7. The lowest BCUT2D eigenvalue weighted by Crippen LogP contribution is -2.29. The third-order valence-electron chi connectivity index (χ3n) is 4.48. The van der Waals surface area contributed by atoms with Crippen molar-refractivity contribution >= 4 is 16.5 Å². The van der Waals surface area contributed by atoms with Crippen molar-refractivity contribution in [3.8, 4) is 10.8 Å².